The third-order valence-corrected chi connectivity index (χ3v) is 27.0. The number of nitrogens with one attached hydrogen (secondary N) is 6. The highest BCUT2D eigenvalue weighted by Gasteiger charge is 2.31. The van der Waals surface area contributed by atoms with Crippen LogP contribution in [0.25, 0.3) is 139 Å². The maximum atomic E-state index is 14.1. The summed E-state index contributed by atoms with van der Waals surface area (Å²) in [6.07, 6.45) is 27.7. The molecule has 6 fully saturated rings. The minimum Gasteiger partial charge on any atom is -0.422 e. The van der Waals surface area contributed by atoms with E-state index in [1.54, 1.807) is 71.1 Å². The zero-order valence-corrected chi connectivity index (χ0v) is 77.6. The quantitative estimate of drug-likeness (QED) is 0.0619. The Morgan fingerprint density at radius 2 is 0.843 bits per heavy atom. The van der Waals surface area contributed by atoms with Gasteiger partial charge in [0, 0.05) is 273 Å². The molecule has 6 saturated heterocycles. The summed E-state index contributed by atoms with van der Waals surface area (Å²) in [5, 5.41) is 24.8. The molecular weight excluding hydrogens is 1780 g/mol. The molecule has 26 rings (SSSR count). The maximum Gasteiger partial charge on any atom is 0.345 e. The first-order chi connectivity index (χ1) is 68.2. The smallest absolute Gasteiger partial charge is 0.345 e. The van der Waals surface area contributed by atoms with E-state index in [4.69, 9.17) is 22.1 Å². The second kappa shape index (κ2) is 38.3. The molecule has 5 aromatic carbocycles. The molecular formula is C108H102F2N20O10. The summed E-state index contributed by atoms with van der Waals surface area (Å²) in [5.74, 6) is -0.852. The van der Waals surface area contributed by atoms with Gasteiger partial charge in [-0.3, -0.25) is 4.90 Å². The van der Waals surface area contributed by atoms with E-state index < -0.39 is 22.9 Å². The molecule has 32 heteroatoms. The number of pyridine rings is 3. The van der Waals surface area contributed by atoms with Gasteiger partial charge in [0.2, 0.25) is 0 Å². The van der Waals surface area contributed by atoms with E-state index in [-0.39, 0.29) is 28.2 Å². The fourth-order valence-electron chi connectivity index (χ4n) is 19.9. The standard InChI is InChI=1S/C24H23FN4O2.C22H22N4O2.C21H19FN4O2.C21H20N4O2.C20H18N4O2/c25-20-5-3-9-29-15-21(26-23(20)29)19-12-16-6-7-17(13-22(16)31-24(19)30)28-11-10-27-8-2-1-4-18(27)14-28;1-14-11-26(12-15(2)24-14)18-5-4-16-8-19(22(27)28-20(16)10-18)17-9-21-23-6-3-7-25(21)13-17;1-12-6-17(22)20-25-18(11-26(20)10-12)16-7-13-2-3-14(8-19(13)28-21(16)27)24-15-4-5-23-9-15;1-13-5-7-25-12-18(24-20(25)8-13)17-9-14-2-3-15(10-19(14)27-21(17)26)23-16-4-6-22-11-16;25-20-17(15-11-19-22-4-1-7-24(19)13-15)10-14-2-3-16(12-18(14)26-20)23-8-5-21-6-9-23/h3,5-7,9,12-13,15,18H,1-2,4,8,10-11,14H2;3-10,13-15,24H,11-12H2,1-2H3;2-3,6-8,10-11,15,23-24H,4-5,9H2,1H3;2-3,5,7-10,12,16,22-23H,4,6,11H2,1H3;1-4,7,10-13,21H,5-6,8-9H2/t;14-,15+;15-;16-;/m..00./s1. The number of hydrogen-bond donors (Lipinski definition) is 6. The average Bonchev–Trinajstić information content (AvgIpc) is 1.60. The number of anilines is 5. The summed E-state index contributed by atoms with van der Waals surface area (Å²) in [6.45, 7) is 22.1. The zero-order valence-electron chi connectivity index (χ0n) is 77.6. The summed E-state index contributed by atoms with van der Waals surface area (Å²) in [4.78, 5) is 94.6. The Morgan fingerprint density at radius 3 is 1.37 bits per heavy atom. The number of fused-ring (bicyclic) bond motifs is 11. The number of hydrogen-bond acceptors (Lipinski definition) is 25. The Morgan fingerprint density at radius 1 is 0.371 bits per heavy atom. The first-order valence-electron chi connectivity index (χ1n) is 47.6. The SMILES string of the molecule is C[C@@H]1CN(c2ccc3cc(-c4cc5ncccn5c4)c(=O)oc3c2)C[C@H](C)N1.Cc1cc(F)c2nc(-c3cc4ccc(N[C@H]5CCNC5)cc4oc3=O)cn2c1.Cc1ccn2cc(-c3cc4ccc(N[C@H]5CCNC5)cc4oc3=O)nc2c1.O=c1oc2cc(N3CCN4CCCCC4C3)ccc2cc1-c1cn2cccc(F)c2n1.O=c1oc2cc(N3CCNCC3)ccc2cc1-c1cc2ncccn2c1. The Balaban J connectivity index is 0.000000101. The normalized spacial score (nSPS) is 17.8. The van der Waals surface area contributed by atoms with Crippen LogP contribution < -0.4 is 74.7 Å². The first-order valence-corrected chi connectivity index (χ1v) is 47.6. The molecule has 30 nitrogen and oxygen atoms in total. The van der Waals surface area contributed by atoms with Crippen molar-refractivity contribution in [1.82, 2.24) is 73.1 Å². The van der Waals surface area contributed by atoms with Gasteiger partial charge < -0.3 is 90.7 Å². The van der Waals surface area contributed by atoms with Crippen LogP contribution in [-0.4, -0.2) is 174 Å². The van der Waals surface area contributed by atoms with Crippen molar-refractivity contribution in [2.24, 2.45) is 0 Å². The highest BCUT2D eigenvalue weighted by Crippen LogP contribution is 2.35. The molecule has 0 spiro atoms. The predicted molar refractivity (Wildman–Crippen MR) is 543 cm³/mol. The Kier molecular flexibility index (Phi) is 24.5. The molecule has 21 heterocycles. The fourth-order valence-corrected chi connectivity index (χ4v) is 19.9. The molecule has 0 saturated carbocycles. The van der Waals surface area contributed by atoms with Crippen LogP contribution in [0.4, 0.5) is 37.2 Å². The van der Waals surface area contributed by atoms with E-state index in [0.29, 0.717) is 103 Å². The lowest BCUT2D eigenvalue weighted by Crippen LogP contribution is -2.54. The molecule has 0 aliphatic carbocycles. The van der Waals surface area contributed by atoms with Crippen LogP contribution in [0.2, 0.25) is 0 Å². The molecule has 6 aliphatic heterocycles. The monoisotopic (exact) mass is 1880 g/mol. The highest BCUT2D eigenvalue weighted by molar-refractivity contribution is 5.90. The van der Waals surface area contributed by atoms with Gasteiger partial charge in [0.05, 0.1) is 44.9 Å². The van der Waals surface area contributed by atoms with Crippen molar-refractivity contribution in [3.63, 3.8) is 0 Å². The van der Waals surface area contributed by atoms with Crippen LogP contribution in [0, 0.1) is 25.5 Å². The van der Waals surface area contributed by atoms with Crippen molar-refractivity contribution in [2.45, 2.75) is 90.0 Å². The molecule has 5 atom stereocenters. The van der Waals surface area contributed by atoms with Gasteiger partial charge in [-0.1, -0.05) is 6.42 Å². The maximum absolute atomic E-state index is 14.1. The van der Waals surface area contributed by atoms with Gasteiger partial charge in [-0.2, -0.15) is 0 Å². The van der Waals surface area contributed by atoms with Crippen LogP contribution in [0.1, 0.15) is 57.1 Å². The average molecular weight is 1880 g/mol. The molecule has 20 aromatic rings. The number of imidazole rings is 3. The van der Waals surface area contributed by atoms with Crippen LogP contribution >= 0.6 is 0 Å². The number of aryl methyl sites for hydroxylation is 2. The number of nitrogens with zero attached hydrogens (tertiary/aromatic N) is 14. The van der Waals surface area contributed by atoms with Gasteiger partial charge >= 0.3 is 28.1 Å². The molecule has 708 valence electrons. The van der Waals surface area contributed by atoms with Crippen LogP contribution in [0.5, 0.6) is 0 Å². The summed E-state index contributed by atoms with van der Waals surface area (Å²) < 4.78 is 65.2. The van der Waals surface area contributed by atoms with Crippen LogP contribution in [-0.2, 0) is 0 Å². The summed E-state index contributed by atoms with van der Waals surface area (Å²) in [7, 11) is 0. The number of halogens is 2. The minimum atomic E-state index is -0.493. The van der Waals surface area contributed by atoms with E-state index in [0.717, 1.165) is 192 Å². The van der Waals surface area contributed by atoms with E-state index in [1.165, 1.54) is 37.9 Å². The van der Waals surface area contributed by atoms with Crippen molar-refractivity contribution < 1.29 is 30.9 Å². The topological polar surface area (TPSA) is 323 Å². The number of rotatable bonds is 12. The number of aromatic nitrogens is 10. The molecule has 0 bridgehead atoms. The summed E-state index contributed by atoms with van der Waals surface area (Å²) >= 11 is 0. The number of piperazine rings is 3. The lowest BCUT2D eigenvalue weighted by atomic mass is 9.99. The van der Waals surface area contributed by atoms with Gasteiger partial charge in [-0.15, -0.1) is 0 Å². The molecule has 6 aliphatic rings. The third kappa shape index (κ3) is 18.9. The lowest BCUT2D eigenvalue weighted by molar-refractivity contribution is 0.133. The predicted octanol–water partition coefficient (Wildman–Crippen LogP) is 16.3. The molecule has 1 unspecified atom stereocenters. The lowest BCUT2D eigenvalue weighted by Gasteiger charge is -2.44. The Labute approximate surface area is 799 Å². The highest BCUT2D eigenvalue weighted by atomic mass is 19.1. The second-order valence-electron chi connectivity index (χ2n) is 37.1. The molecule has 15 aromatic heterocycles. The summed E-state index contributed by atoms with van der Waals surface area (Å²) in [5.41, 5.74) is 16.0. The van der Waals surface area contributed by atoms with Gasteiger partial charge in [0.25, 0.3) is 0 Å². The number of piperidine rings is 1. The summed E-state index contributed by atoms with van der Waals surface area (Å²) in [6, 6.07) is 57.2. The second-order valence-corrected chi connectivity index (χ2v) is 37.1. The van der Waals surface area contributed by atoms with Gasteiger partial charge in [-0.25, -0.2) is 57.7 Å². The Hall–Kier alpha value is -15.7. The third-order valence-electron chi connectivity index (χ3n) is 27.0. The molecule has 140 heavy (non-hydrogen) atoms. The zero-order chi connectivity index (χ0) is 95.3. The molecule has 0 amide bonds. The van der Waals surface area contributed by atoms with Crippen molar-refractivity contribution in [2.75, 3.05) is 117 Å². The fraction of sp³-hybridized carbons (Fsp3) is 0.259. The number of benzene rings is 5. The van der Waals surface area contributed by atoms with Crippen molar-refractivity contribution in [3.05, 3.63) is 325 Å². The largest absolute Gasteiger partial charge is 0.422 e. The van der Waals surface area contributed by atoms with Gasteiger partial charge in [0.15, 0.2) is 22.9 Å². The molecule has 0 radical (unpaired) electrons. The van der Waals surface area contributed by atoms with E-state index >= 15 is 0 Å². The minimum absolute atomic E-state index is 0.185. The van der Waals surface area contributed by atoms with Crippen LogP contribution in [0.3, 0.4) is 0 Å². The van der Waals surface area contributed by atoms with E-state index in [1.807, 2.05) is 185 Å². The van der Waals surface area contributed by atoms with Crippen molar-refractivity contribution in [1.29, 1.82) is 0 Å². The van der Waals surface area contributed by atoms with Crippen molar-refractivity contribution in [3.8, 4) is 56.0 Å². The molecule has 6 N–H and O–H groups in total. The Bertz CT molecular complexity index is 8370. The van der Waals surface area contributed by atoms with Gasteiger partial charge in [0.1, 0.15) is 44.9 Å². The van der Waals surface area contributed by atoms with Crippen LogP contribution in [0.15, 0.2) is 296 Å². The van der Waals surface area contributed by atoms with E-state index in [9.17, 15) is 32.8 Å². The van der Waals surface area contributed by atoms with Gasteiger partial charge in [-0.05, 0) is 230 Å². The van der Waals surface area contributed by atoms with Crippen molar-refractivity contribution >= 4 is 112 Å². The first kappa shape index (κ1) is 89.5. The van der Waals surface area contributed by atoms with E-state index in [2.05, 4.69) is 108 Å².